The molecule has 2 amide bonds. The Morgan fingerprint density at radius 3 is 2.69 bits per heavy atom. The molecule has 1 fully saturated rings. The lowest BCUT2D eigenvalue weighted by molar-refractivity contribution is 0.0526. The van der Waals surface area contributed by atoms with Crippen molar-refractivity contribution in [2.75, 3.05) is 26.3 Å². The van der Waals surface area contributed by atoms with E-state index in [0.29, 0.717) is 26.3 Å². The largest absolute Gasteiger partial charge is 0.378 e. The number of rotatable bonds is 1. The zero-order valence-electron chi connectivity index (χ0n) is 8.63. The normalized spacial score (nSPS) is 16.1. The van der Waals surface area contributed by atoms with E-state index in [-0.39, 0.29) is 11.7 Å². The first kappa shape index (κ1) is 10.6. The monoisotopic (exact) mass is 224 g/mol. The highest BCUT2D eigenvalue weighted by Gasteiger charge is 2.22. The maximum Gasteiger partial charge on any atom is 0.345 e. The van der Waals surface area contributed by atoms with Gasteiger partial charge in [-0.3, -0.25) is 4.79 Å². The first-order valence-corrected chi connectivity index (χ1v) is 4.91. The van der Waals surface area contributed by atoms with E-state index in [1.54, 1.807) is 4.90 Å². The van der Waals surface area contributed by atoms with Gasteiger partial charge in [-0.2, -0.15) is 9.78 Å². The second-order valence-electron chi connectivity index (χ2n) is 3.37. The number of hydrogen-bond donors (Lipinski definition) is 1. The van der Waals surface area contributed by atoms with Crippen LogP contribution in [0.4, 0.5) is 4.79 Å². The van der Waals surface area contributed by atoms with Crippen LogP contribution in [-0.4, -0.2) is 52.9 Å². The number of hydrogen-bond acceptors (Lipinski definition) is 4. The smallest absolute Gasteiger partial charge is 0.345 e. The molecule has 1 aromatic rings. The van der Waals surface area contributed by atoms with E-state index < -0.39 is 5.91 Å². The highest BCUT2D eigenvalue weighted by molar-refractivity contribution is 5.95. The molecule has 1 aliphatic rings. The SMILES string of the molecule is NC(=O)c1ccnn1C(=O)N1CCOCC1. The van der Waals surface area contributed by atoms with Crippen LogP contribution < -0.4 is 5.73 Å². The zero-order valence-corrected chi connectivity index (χ0v) is 8.63. The Balaban J connectivity index is 2.19. The molecular formula is C9H12N4O3. The summed E-state index contributed by atoms with van der Waals surface area (Å²) in [5, 5.41) is 3.80. The minimum Gasteiger partial charge on any atom is -0.378 e. The molecule has 86 valence electrons. The fourth-order valence-corrected chi connectivity index (χ4v) is 1.53. The third-order valence-electron chi connectivity index (χ3n) is 2.36. The second-order valence-corrected chi connectivity index (χ2v) is 3.37. The minimum absolute atomic E-state index is 0.0940. The molecule has 16 heavy (non-hydrogen) atoms. The van der Waals surface area contributed by atoms with Gasteiger partial charge >= 0.3 is 6.03 Å². The van der Waals surface area contributed by atoms with Crippen LogP contribution >= 0.6 is 0 Å². The molecule has 1 aromatic heterocycles. The van der Waals surface area contributed by atoms with E-state index in [9.17, 15) is 9.59 Å². The van der Waals surface area contributed by atoms with Crippen molar-refractivity contribution >= 4 is 11.9 Å². The maximum absolute atomic E-state index is 11.9. The van der Waals surface area contributed by atoms with Crippen molar-refractivity contribution in [3.8, 4) is 0 Å². The first-order chi connectivity index (χ1) is 7.70. The number of carbonyl (C=O) groups excluding carboxylic acids is 2. The summed E-state index contributed by atoms with van der Waals surface area (Å²) in [6.45, 7) is 1.99. The van der Waals surface area contributed by atoms with Crippen LogP contribution in [0.25, 0.3) is 0 Å². The average Bonchev–Trinajstić information content (AvgIpc) is 2.78. The molecule has 0 bridgehead atoms. The van der Waals surface area contributed by atoms with Crippen molar-refractivity contribution in [3.63, 3.8) is 0 Å². The molecule has 2 rings (SSSR count). The van der Waals surface area contributed by atoms with Crippen LogP contribution in [-0.2, 0) is 4.74 Å². The Bertz CT molecular complexity index is 409. The van der Waals surface area contributed by atoms with Crippen molar-refractivity contribution in [2.45, 2.75) is 0 Å². The number of ether oxygens (including phenoxy) is 1. The van der Waals surface area contributed by atoms with Gasteiger partial charge in [0.1, 0.15) is 5.69 Å². The number of nitrogens with two attached hydrogens (primary N) is 1. The lowest BCUT2D eigenvalue weighted by Gasteiger charge is -2.26. The van der Waals surface area contributed by atoms with Gasteiger partial charge in [0.2, 0.25) is 0 Å². The molecule has 1 aliphatic heterocycles. The molecule has 0 aliphatic carbocycles. The highest BCUT2D eigenvalue weighted by atomic mass is 16.5. The Labute approximate surface area is 91.8 Å². The van der Waals surface area contributed by atoms with E-state index in [4.69, 9.17) is 10.5 Å². The molecule has 0 saturated carbocycles. The first-order valence-electron chi connectivity index (χ1n) is 4.91. The topological polar surface area (TPSA) is 90.5 Å². The summed E-state index contributed by atoms with van der Waals surface area (Å²) in [6.07, 6.45) is 1.37. The summed E-state index contributed by atoms with van der Waals surface area (Å²) >= 11 is 0. The molecule has 2 heterocycles. The van der Waals surface area contributed by atoms with Crippen molar-refractivity contribution in [1.82, 2.24) is 14.7 Å². The fraction of sp³-hybridized carbons (Fsp3) is 0.444. The van der Waals surface area contributed by atoms with E-state index in [1.807, 2.05) is 0 Å². The molecule has 0 aromatic carbocycles. The van der Waals surface area contributed by atoms with Crippen molar-refractivity contribution in [1.29, 1.82) is 0 Å². The van der Waals surface area contributed by atoms with Gasteiger partial charge in [0, 0.05) is 13.1 Å². The van der Waals surface area contributed by atoms with Gasteiger partial charge in [0.25, 0.3) is 5.91 Å². The molecule has 0 unspecified atom stereocenters. The number of aromatic nitrogens is 2. The van der Waals surface area contributed by atoms with Crippen LogP contribution in [0.5, 0.6) is 0 Å². The molecule has 0 atom stereocenters. The Morgan fingerprint density at radius 2 is 2.06 bits per heavy atom. The van der Waals surface area contributed by atoms with Crippen molar-refractivity contribution < 1.29 is 14.3 Å². The molecule has 7 heteroatoms. The predicted molar refractivity (Wildman–Crippen MR) is 53.9 cm³/mol. The van der Waals surface area contributed by atoms with E-state index in [2.05, 4.69) is 5.10 Å². The van der Waals surface area contributed by atoms with Gasteiger partial charge in [-0.15, -0.1) is 0 Å². The number of nitrogens with zero attached hydrogens (tertiary/aromatic N) is 3. The zero-order chi connectivity index (χ0) is 11.5. The maximum atomic E-state index is 11.9. The van der Waals surface area contributed by atoms with Gasteiger partial charge in [0.05, 0.1) is 19.4 Å². The van der Waals surface area contributed by atoms with E-state index in [0.717, 1.165) is 4.68 Å². The van der Waals surface area contributed by atoms with E-state index >= 15 is 0 Å². The number of carbonyl (C=O) groups is 2. The standard InChI is InChI=1S/C9H12N4O3/c10-8(14)7-1-2-11-13(7)9(15)12-3-5-16-6-4-12/h1-2H,3-6H2,(H2,10,14). The van der Waals surface area contributed by atoms with E-state index in [1.165, 1.54) is 12.3 Å². The van der Waals surface area contributed by atoms with Crippen LogP contribution in [0.1, 0.15) is 10.5 Å². The van der Waals surface area contributed by atoms with Gasteiger partial charge in [0.15, 0.2) is 0 Å². The molecule has 0 radical (unpaired) electrons. The molecular weight excluding hydrogens is 212 g/mol. The highest BCUT2D eigenvalue weighted by Crippen LogP contribution is 2.04. The number of morpholine rings is 1. The summed E-state index contributed by atoms with van der Waals surface area (Å²) in [7, 11) is 0. The lowest BCUT2D eigenvalue weighted by atomic mass is 10.4. The quantitative estimate of drug-likeness (QED) is 0.681. The second kappa shape index (κ2) is 4.31. The summed E-state index contributed by atoms with van der Waals surface area (Å²) < 4.78 is 6.15. The van der Waals surface area contributed by atoms with Gasteiger partial charge in [-0.1, -0.05) is 0 Å². The van der Waals surface area contributed by atoms with Gasteiger partial charge < -0.3 is 15.4 Å². The Kier molecular flexibility index (Phi) is 2.86. The van der Waals surface area contributed by atoms with Crippen molar-refractivity contribution in [3.05, 3.63) is 18.0 Å². The molecule has 1 saturated heterocycles. The Hall–Kier alpha value is -1.89. The summed E-state index contributed by atoms with van der Waals surface area (Å²) in [5.74, 6) is -0.667. The lowest BCUT2D eigenvalue weighted by Crippen LogP contribution is -2.44. The average molecular weight is 224 g/mol. The van der Waals surface area contributed by atoms with Crippen LogP contribution in [0.3, 0.4) is 0 Å². The number of primary amides is 1. The Morgan fingerprint density at radius 1 is 1.38 bits per heavy atom. The predicted octanol–water partition coefficient (Wildman–Crippen LogP) is -0.718. The third kappa shape index (κ3) is 1.89. The van der Waals surface area contributed by atoms with Gasteiger partial charge in [-0.05, 0) is 6.07 Å². The summed E-state index contributed by atoms with van der Waals surface area (Å²) in [5.41, 5.74) is 5.23. The summed E-state index contributed by atoms with van der Waals surface area (Å²) in [6, 6.07) is 1.07. The minimum atomic E-state index is -0.667. The third-order valence-corrected chi connectivity index (χ3v) is 2.36. The van der Waals surface area contributed by atoms with Crippen LogP contribution in [0.15, 0.2) is 12.3 Å². The van der Waals surface area contributed by atoms with Crippen molar-refractivity contribution in [2.24, 2.45) is 5.73 Å². The fourth-order valence-electron chi connectivity index (χ4n) is 1.53. The van der Waals surface area contributed by atoms with Crippen LogP contribution in [0.2, 0.25) is 0 Å². The molecule has 2 N–H and O–H groups in total. The van der Waals surface area contributed by atoms with Crippen LogP contribution in [0, 0.1) is 0 Å². The molecule has 0 spiro atoms. The number of amides is 2. The molecule has 7 nitrogen and oxygen atoms in total. The summed E-state index contributed by atoms with van der Waals surface area (Å²) in [4.78, 5) is 24.6. The van der Waals surface area contributed by atoms with Gasteiger partial charge in [-0.25, -0.2) is 4.79 Å².